The first-order valence-electron chi connectivity index (χ1n) is 16.2. The summed E-state index contributed by atoms with van der Waals surface area (Å²) in [6, 6.07) is 57.8. The van der Waals surface area contributed by atoms with Crippen molar-refractivity contribution in [2.75, 3.05) is 0 Å². The zero-order valence-corrected chi connectivity index (χ0v) is 25.8. The van der Waals surface area contributed by atoms with Gasteiger partial charge in [0.1, 0.15) is 11.2 Å². The molecule has 3 heteroatoms. The van der Waals surface area contributed by atoms with Gasteiger partial charge in [0.25, 0.3) is 0 Å². The molecule has 0 amide bonds. The van der Waals surface area contributed by atoms with Crippen LogP contribution in [0, 0.1) is 11.3 Å². The van der Waals surface area contributed by atoms with Crippen LogP contribution in [0.1, 0.15) is 5.56 Å². The number of hydrogen-bond donors (Lipinski definition) is 0. The van der Waals surface area contributed by atoms with Crippen molar-refractivity contribution in [1.29, 1.82) is 5.26 Å². The van der Waals surface area contributed by atoms with Crippen LogP contribution in [0.25, 0.3) is 93.2 Å². The lowest BCUT2D eigenvalue weighted by molar-refractivity contribution is 0.670. The van der Waals surface area contributed by atoms with Crippen molar-refractivity contribution >= 4 is 65.3 Å². The van der Waals surface area contributed by atoms with E-state index in [0.717, 1.165) is 71.7 Å². The predicted octanol–water partition coefficient (Wildman–Crippen LogP) is 12.2. The Balaban J connectivity index is 1.20. The molecule has 0 atom stereocenters. The van der Waals surface area contributed by atoms with Gasteiger partial charge in [-0.25, -0.2) is 0 Å². The molecule has 0 fully saturated rings. The number of fused-ring (bicyclic) bond motifs is 10. The predicted molar refractivity (Wildman–Crippen MR) is 199 cm³/mol. The van der Waals surface area contributed by atoms with E-state index in [2.05, 4.69) is 150 Å². The molecule has 222 valence electrons. The summed E-state index contributed by atoms with van der Waals surface area (Å²) >= 11 is 0. The van der Waals surface area contributed by atoms with Crippen LogP contribution < -0.4 is 0 Å². The molecule has 0 aliphatic rings. The number of furan rings is 1. The van der Waals surface area contributed by atoms with Crippen LogP contribution in [0.4, 0.5) is 0 Å². The Labute approximate surface area is 276 Å². The molecule has 10 rings (SSSR count). The van der Waals surface area contributed by atoms with Crippen LogP contribution in [0.2, 0.25) is 0 Å². The van der Waals surface area contributed by atoms with Gasteiger partial charge in [0.2, 0.25) is 0 Å². The Morgan fingerprint density at radius 3 is 2.00 bits per heavy atom. The minimum Gasteiger partial charge on any atom is -0.455 e. The number of para-hydroxylation sites is 1. The summed E-state index contributed by atoms with van der Waals surface area (Å²) < 4.78 is 9.02. The Morgan fingerprint density at radius 2 is 1.17 bits per heavy atom. The second-order valence-electron chi connectivity index (χ2n) is 12.4. The number of rotatable bonds is 3. The highest BCUT2D eigenvalue weighted by atomic mass is 16.3. The smallest absolute Gasteiger partial charge is 0.143 e. The van der Waals surface area contributed by atoms with Crippen LogP contribution in [0.15, 0.2) is 162 Å². The maximum atomic E-state index is 9.74. The Morgan fingerprint density at radius 1 is 0.479 bits per heavy atom. The van der Waals surface area contributed by atoms with Crippen molar-refractivity contribution in [2.24, 2.45) is 0 Å². The van der Waals surface area contributed by atoms with E-state index >= 15 is 0 Å². The fourth-order valence-electron chi connectivity index (χ4n) is 7.60. The van der Waals surface area contributed by atoms with E-state index in [4.69, 9.17) is 4.42 Å². The second-order valence-corrected chi connectivity index (χ2v) is 12.4. The van der Waals surface area contributed by atoms with Gasteiger partial charge in [0.05, 0.1) is 22.7 Å². The van der Waals surface area contributed by atoms with E-state index in [9.17, 15) is 5.26 Å². The topological polar surface area (TPSA) is 41.9 Å². The van der Waals surface area contributed by atoms with E-state index in [0.29, 0.717) is 5.56 Å². The van der Waals surface area contributed by atoms with Gasteiger partial charge in [-0.2, -0.15) is 5.26 Å². The zero-order valence-electron chi connectivity index (χ0n) is 25.8. The van der Waals surface area contributed by atoms with Crippen LogP contribution >= 0.6 is 0 Å². The molecule has 3 nitrogen and oxygen atoms in total. The molecule has 2 heterocycles. The number of aromatic nitrogens is 1. The highest BCUT2D eigenvalue weighted by molar-refractivity contribution is 6.28. The Kier molecular flexibility index (Phi) is 5.64. The van der Waals surface area contributed by atoms with Gasteiger partial charge >= 0.3 is 0 Å². The van der Waals surface area contributed by atoms with Gasteiger partial charge in [-0.15, -0.1) is 0 Å². The lowest BCUT2D eigenvalue weighted by atomic mass is 9.93. The average Bonchev–Trinajstić information content (AvgIpc) is 3.71. The lowest BCUT2D eigenvalue weighted by Gasteiger charge is -2.10. The fraction of sp³-hybridized carbons (Fsp3) is 0. The van der Waals surface area contributed by atoms with Gasteiger partial charge < -0.3 is 8.98 Å². The normalized spacial score (nSPS) is 11.7. The molecule has 0 saturated heterocycles. The summed E-state index contributed by atoms with van der Waals surface area (Å²) in [5, 5.41) is 19.0. The van der Waals surface area contributed by atoms with Gasteiger partial charge in [-0.3, -0.25) is 0 Å². The zero-order chi connectivity index (χ0) is 31.8. The highest BCUT2D eigenvalue weighted by Crippen LogP contribution is 2.44. The van der Waals surface area contributed by atoms with E-state index < -0.39 is 0 Å². The number of nitriles is 1. The summed E-state index contributed by atoms with van der Waals surface area (Å²) in [7, 11) is 0. The fourth-order valence-corrected chi connectivity index (χ4v) is 7.60. The third kappa shape index (κ3) is 3.87. The monoisotopic (exact) mass is 610 g/mol. The molecule has 0 radical (unpaired) electrons. The molecule has 10 aromatic rings. The van der Waals surface area contributed by atoms with Crippen molar-refractivity contribution in [1.82, 2.24) is 4.57 Å². The van der Waals surface area contributed by atoms with Crippen molar-refractivity contribution in [3.8, 4) is 34.0 Å². The highest BCUT2D eigenvalue weighted by Gasteiger charge is 2.19. The summed E-state index contributed by atoms with van der Waals surface area (Å²) in [6.07, 6.45) is 0. The van der Waals surface area contributed by atoms with Crippen LogP contribution in [0.3, 0.4) is 0 Å². The van der Waals surface area contributed by atoms with Gasteiger partial charge in [0, 0.05) is 32.8 Å². The summed E-state index contributed by atoms with van der Waals surface area (Å²) in [4.78, 5) is 0. The Bertz CT molecular complexity index is 2960. The molecule has 0 spiro atoms. The minimum absolute atomic E-state index is 0.654. The SMILES string of the molecule is N#Cc1ccc2c(c1)c1cc(-c3cccc(-c4cc5ccccc5c5c4oc4ccc6ccccc6c45)c3)ccc1n2-c1ccccc1. The summed E-state index contributed by atoms with van der Waals surface area (Å²) in [5.41, 5.74) is 10.2. The molecule has 8 aromatic carbocycles. The number of benzene rings is 8. The maximum absolute atomic E-state index is 9.74. The average molecular weight is 611 g/mol. The van der Waals surface area contributed by atoms with E-state index in [1.807, 2.05) is 18.2 Å². The largest absolute Gasteiger partial charge is 0.455 e. The summed E-state index contributed by atoms with van der Waals surface area (Å²) in [5.74, 6) is 0. The van der Waals surface area contributed by atoms with Crippen LogP contribution in [0.5, 0.6) is 0 Å². The third-order valence-electron chi connectivity index (χ3n) is 9.77. The van der Waals surface area contributed by atoms with E-state index in [1.54, 1.807) is 0 Å². The van der Waals surface area contributed by atoms with Crippen molar-refractivity contribution < 1.29 is 4.42 Å². The van der Waals surface area contributed by atoms with Crippen molar-refractivity contribution in [3.63, 3.8) is 0 Å². The van der Waals surface area contributed by atoms with Crippen LogP contribution in [-0.2, 0) is 0 Å². The standard InChI is InChI=1S/C45H26N2O/c46-27-28-17-20-40-38(23-28)39-25-31(18-21-41(39)47(40)34-13-2-1-3-14-34)30-11-8-12-32(24-30)37-26-33-10-5-7-16-36(33)44-43-35-15-6-4-9-29(35)19-22-42(43)48-45(37)44/h1-26H. The number of nitrogens with zero attached hydrogens (tertiary/aromatic N) is 2. The second kappa shape index (κ2) is 10.2. The molecule has 0 N–H and O–H groups in total. The quantitative estimate of drug-likeness (QED) is 0.200. The van der Waals surface area contributed by atoms with E-state index in [-0.39, 0.29) is 0 Å². The molecular formula is C45H26N2O. The molecule has 0 aliphatic carbocycles. The molecule has 48 heavy (non-hydrogen) atoms. The third-order valence-corrected chi connectivity index (χ3v) is 9.77. The molecule has 2 aromatic heterocycles. The first-order chi connectivity index (χ1) is 23.7. The molecule has 0 bridgehead atoms. The Hall–Kier alpha value is -6.63. The lowest BCUT2D eigenvalue weighted by Crippen LogP contribution is -1.93. The maximum Gasteiger partial charge on any atom is 0.143 e. The summed E-state index contributed by atoms with van der Waals surface area (Å²) in [6.45, 7) is 0. The molecule has 0 unspecified atom stereocenters. The first kappa shape index (κ1) is 26.6. The van der Waals surface area contributed by atoms with Gasteiger partial charge in [0.15, 0.2) is 0 Å². The van der Waals surface area contributed by atoms with Crippen molar-refractivity contribution in [2.45, 2.75) is 0 Å². The van der Waals surface area contributed by atoms with Gasteiger partial charge in [-0.05, 0) is 98.9 Å². The van der Waals surface area contributed by atoms with Crippen molar-refractivity contribution in [3.05, 3.63) is 163 Å². The van der Waals surface area contributed by atoms with E-state index in [1.165, 1.54) is 21.5 Å². The molecular weight excluding hydrogens is 585 g/mol. The van der Waals surface area contributed by atoms with Crippen LogP contribution in [-0.4, -0.2) is 4.57 Å². The van der Waals surface area contributed by atoms with Gasteiger partial charge in [-0.1, -0.05) is 97.1 Å². The number of hydrogen-bond acceptors (Lipinski definition) is 2. The minimum atomic E-state index is 0.654. The molecule has 0 saturated carbocycles. The molecule has 0 aliphatic heterocycles. The first-order valence-corrected chi connectivity index (χ1v) is 16.2.